The van der Waals surface area contributed by atoms with Crippen LogP contribution in [-0.4, -0.2) is 27.7 Å². The summed E-state index contributed by atoms with van der Waals surface area (Å²) in [5, 5.41) is 10.8. The maximum Gasteiger partial charge on any atom is 0.404 e. The minimum absolute atomic E-state index is 0.219. The zero-order chi connectivity index (χ0) is 14.4. The molecular weight excluding hydrogens is 256 g/mol. The van der Waals surface area contributed by atoms with Gasteiger partial charge in [-0.3, -0.25) is 0 Å². The third kappa shape index (κ3) is 3.83. The Morgan fingerprint density at radius 1 is 1.40 bits per heavy atom. The first-order valence-corrected chi connectivity index (χ1v) is 6.49. The number of amides is 1. The summed E-state index contributed by atoms with van der Waals surface area (Å²) in [4.78, 5) is 17.8. The van der Waals surface area contributed by atoms with Crippen LogP contribution in [0.5, 0.6) is 0 Å². The maximum absolute atomic E-state index is 10.3. The lowest BCUT2D eigenvalue weighted by Crippen LogP contribution is -2.23. The van der Waals surface area contributed by atoms with Crippen LogP contribution in [0.2, 0.25) is 0 Å². The van der Waals surface area contributed by atoms with Crippen molar-refractivity contribution in [1.29, 1.82) is 0 Å². The zero-order valence-corrected chi connectivity index (χ0v) is 11.0. The second kappa shape index (κ2) is 6.72. The van der Waals surface area contributed by atoms with Crippen LogP contribution in [0.25, 0.3) is 11.3 Å². The van der Waals surface area contributed by atoms with Crippen LogP contribution >= 0.6 is 0 Å². The van der Waals surface area contributed by atoms with E-state index in [9.17, 15) is 4.79 Å². The highest BCUT2D eigenvalue weighted by molar-refractivity contribution is 5.64. The normalized spacial score (nSPS) is 12.1. The second-order valence-corrected chi connectivity index (χ2v) is 4.53. The molecular formula is C14H18N4O2. The SMILES string of the molecule is N[C@@H](CCCNC(=O)O)c1ncc(-c2ccccc2)[nH]1. The fraction of sp³-hybridized carbons (Fsp3) is 0.286. The van der Waals surface area contributed by atoms with Crippen molar-refractivity contribution in [1.82, 2.24) is 15.3 Å². The Morgan fingerprint density at radius 3 is 2.85 bits per heavy atom. The van der Waals surface area contributed by atoms with Gasteiger partial charge >= 0.3 is 6.09 Å². The molecule has 2 rings (SSSR count). The predicted octanol–water partition coefficient (Wildman–Crippen LogP) is 2.12. The average Bonchev–Trinajstić information content (AvgIpc) is 2.94. The number of rotatable bonds is 6. The van der Waals surface area contributed by atoms with E-state index in [-0.39, 0.29) is 6.04 Å². The molecule has 6 nitrogen and oxygen atoms in total. The van der Waals surface area contributed by atoms with Crippen molar-refractivity contribution in [2.45, 2.75) is 18.9 Å². The molecule has 0 aliphatic rings. The van der Waals surface area contributed by atoms with Crippen LogP contribution in [-0.2, 0) is 0 Å². The molecule has 1 aromatic carbocycles. The lowest BCUT2D eigenvalue weighted by molar-refractivity contribution is 0.194. The number of imidazole rings is 1. The van der Waals surface area contributed by atoms with Crippen molar-refractivity contribution in [3.63, 3.8) is 0 Å². The van der Waals surface area contributed by atoms with E-state index < -0.39 is 6.09 Å². The summed E-state index contributed by atoms with van der Waals surface area (Å²) in [6.07, 6.45) is 2.10. The number of nitrogens with zero attached hydrogens (tertiary/aromatic N) is 1. The Balaban J connectivity index is 1.90. The zero-order valence-electron chi connectivity index (χ0n) is 11.0. The molecule has 1 amide bonds. The summed E-state index contributed by atoms with van der Waals surface area (Å²) in [5.41, 5.74) is 8.03. The first kappa shape index (κ1) is 14.1. The standard InChI is InChI=1S/C14H18N4O2/c15-11(7-4-8-16-14(19)20)13-17-9-12(18-13)10-5-2-1-3-6-10/h1-3,5-6,9,11,16H,4,7-8,15H2,(H,17,18)(H,19,20)/t11-/m0/s1. The highest BCUT2D eigenvalue weighted by Crippen LogP contribution is 2.19. The quantitative estimate of drug-likeness (QED) is 0.606. The minimum atomic E-state index is -1.01. The Kier molecular flexibility index (Phi) is 4.73. The average molecular weight is 274 g/mol. The van der Waals surface area contributed by atoms with E-state index in [1.807, 2.05) is 30.3 Å². The Hall–Kier alpha value is -2.34. The summed E-state index contributed by atoms with van der Waals surface area (Å²) in [7, 11) is 0. The van der Waals surface area contributed by atoms with E-state index in [0.29, 0.717) is 19.4 Å². The van der Waals surface area contributed by atoms with E-state index in [1.54, 1.807) is 6.20 Å². The lowest BCUT2D eigenvalue weighted by atomic mass is 10.1. The number of aromatic nitrogens is 2. The molecule has 0 spiro atoms. The van der Waals surface area contributed by atoms with Crippen LogP contribution in [0.1, 0.15) is 24.7 Å². The van der Waals surface area contributed by atoms with Crippen molar-refractivity contribution >= 4 is 6.09 Å². The molecule has 0 aliphatic carbocycles. The Bertz CT molecular complexity index is 553. The Labute approximate surface area is 117 Å². The smallest absolute Gasteiger partial charge is 0.404 e. The molecule has 1 heterocycles. The van der Waals surface area contributed by atoms with Gasteiger partial charge in [0.15, 0.2) is 0 Å². The van der Waals surface area contributed by atoms with Crippen LogP contribution in [0.15, 0.2) is 36.5 Å². The number of carboxylic acid groups (broad SMARTS) is 1. The van der Waals surface area contributed by atoms with Gasteiger partial charge in [0, 0.05) is 6.54 Å². The highest BCUT2D eigenvalue weighted by atomic mass is 16.4. The number of nitrogens with two attached hydrogens (primary N) is 1. The van der Waals surface area contributed by atoms with Crippen molar-refractivity contribution < 1.29 is 9.90 Å². The first-order chi connectivity index (χ1) is 9.66. The van der Waals surface area contributed by atoms with Gasteiger partial charge in [-0.15, -0.1) is 0 Å². The minimum Gasteiger partial charge on any atom is -0.465 e. The van der Waals surface area contributed by atoms with E-state index in [4.69, 9.17) is 10.8 Å². The largest absolute Gasteiger partial charge is 0.465 e. The van der Waals surface area contributed by atoms with E-state index in [2.05, 4.69) is 15.3 Å². The summed E-state index contributed by atoms with van der Waals surface area (Å²) in [5.74, 6) is 0.721. The van der Waals surface area contributed by atoms with E-state index >= 15 is 0 Å². The number of hydrogen-bond donors (Lipinski definition) is 4. The second-order valence-electron chi connectivity index (χ2n) is 4.53. The fourth-order valence-corrected chi connectivity index (χ4v) is 1.94. The molecule has 106 valence electrons. The number of carbonyl (C=O) groups is 1. The number of hydrogen-bond acceptors (Lipinski definition) is 3. The molecule has 20 heavy (non-hydrogen) atoms. The van der Waals surface area contributed by atoms with Gasteiger partial charge in [0.2, 0.25) is 0 Å². The van der Waals surface area contributed by atoms with Gasteiger partial charge in [-0.25, -0.2) is 9.78 Å². The highest BCUT2D eigenvalue weighted by Gasteiger charge is 2.10. The van der Waals surface area contributed by atoms with Gasteiger partial charge in [-0.1, -0.05) is 30.3 Å². The van der Waals surface area contributed by atoms with Crippen molar-refractivity contribution in [3.05, 3.63) is 42.4 Å². The van der Waals surface area contributed by atoms with Crippen LogP contribution in [0.3, 0.4) is 0 Å². The van der Waals surface area contributed by atoms with Crippen LogP contribution in [0.4, 0.5) is 4.79 Å². The molecule has 0 fully saturated rings. The molecule has 5 N–H and O–H groups in total. The molecule has 1 aromatic heterocycles. The monoisotopic (exact) mass is 274 g/mol. The van der Waals surface area contributed by atoms with Gasteiger partial charge in [0.1, 0.15) is 5.82 Å². The molecule has 0 bridgehead atoms. The molecule has 0 saturated heterocycles. The van der Waals surface area contributed by atoms with Gasteiger partial charge in [-0.2, -0.15) is 0 Å². The molecule has 0 saturated carbocycles. The molecule has 1 atom stereocenters. The lowest BCUT2D eigenvalue weighted by Gasteiger charge is -2.08. The fourth-order valence-electron chi connectivity index (χ4n) is 1.94. The molecule has 6 heteroatoms. The molecule has 0 aliphatic heterocycles. The number of benzene rings is 1. The van der Waals surface area contributed by atoms with Gasteiger partial charge in [-0.05, 0) is 18.4 Å². The molecule has 2 aromatic rings. The van der Waals surface area contributed by atoms with E-state index in [1.165, 1.54) is 0 Å². The van der Waals surface area contributed by atoms with Gasteiger partial charge in [0.25, 0.3) is 0 Å². The van der Waals surface area contributed by atoms with Crippen molar-refractivity contribution in [2.75, 3.05) is 6.54 Å². The molecule has 0 radical (unpaired) electrons. The number of aromatic amines is 1. The predicted molar refractivity (Wildman–Crippen MR) is 76.2 cm³/mol. The van der Waals surface area contributed by atoms with Crippen molar-refractivity contribution in [2.24, 2.45) is 5.73 Å². The Morgan fingerprint density at radius 2 is 2.15 bits per heavy atom. The van der Waals surface area contributed by atoms with E-state index in [0.717, 1.165) is 17.1 Å². The van der Waals surface area contributed by atoms with Crippen molar-refractivity contribution in [3.8, 4) is 11.3 Å². The number of nitrogens with one attached hydrogen (secondary N) is 2. The topological polar surface area (TPSA) is 104 Å². The third-order valence-electron chi connectivity index (χ3n) is 3.00. The van der Waals surface area contributed by atoms with Gasteiger partial charge < -0.3 is 21.1 Å². The third-order valence-corrected chi connectivity index (χ3v) is 3.00. The summed E-state index contributed by atoms with van der Waals surface area (Å²) in [6.45, 7) is 0.398. The van der Waals surface area contributed by atoms with Gasteiger partial charge in [0.05, 0.1) is 17.9 Å². The number of H-pyrrole nitrogens is 1. The summed E-state index contributed by atoms with van der Waals surface area (Å²) >= 11 is 0. The van der Waals surface area contributed by atoms with Crippen LogP contribution < -0.4 is 11.1 Å². The molecule has 0 unspecified atom stereocenters. The first-order valence-electron chi connectivity index (χ1n) is 6.49. The maximum atomic E-state index is 10.3. The van der Waals surface area contributed by atoms with Crippen LogP contribution in [0, 0.1) is 0 Å². The summed E-state index contributed by atoms with van der Waals surface area (Å²) < 4.78 is 0. The summed E-state index contributed by atoms with van der Waals surface area (Å²) in [6, 6.07) is 9.67.